The van der Waals surface area contributed by atoms with Gasteiger partial charge < -0.3 is 5.11 Å². The van der Waals surface area contributed by atoms with E-state index in [4.69, 9.17) is 0 Å². The Hall–Kier alpha value is -3.32. The Morgan fingerprint density at radius 2 is 1.93 bits per heavy atom. The fraction of sp³-hybridized carbons (Fsp3) is 0.0952. The Morgan fingerprint density at radius 1 is 1.18 bits per heavy atom. The number of aliphatic hydroxyl groups is 1. The molecule has 1 aromatic carbocycles. The normalized spacial score (nSPS) is 18.6. The smallest absolute Gasteiger partial charge is 0.300 e. The first-order valence-corrected chi connectivity index (χ1v) is 9.38. The Kier molecular flexibility index (Phi) is 4.52. The lowest BCUT2D eigenvalue weighted by molar-refractivity contribution is -0.132. The number of thiophene rings is 1. The van der Waals surface area contributed by atoms with Crippen molar-refractivity contribution in [1.82, 2.24) is 4.98 Å². The van der Waals surface area contributed by atoms with Gasteiger partial charge in [-0.15, -0.1) is 11.3 Å². The molecule has 0 aliphatic carbocycles. The second kappa shape index (κ2) is 7.01. The summed E-state index contributed by atoms with van der Waals surface area (Å²) in [6, 6.07) is 9.66. The van der Waals surface area contributed by atoms with Crippen molar-refractivity contribution in [3.63, 3.8) is 0 Å². The molecule has 5 nitrogen and oxygen atoms in total. The van der Waals surface area contributed by atoms with Gasteiger partial charge in [0.1, 0.15) is 17.6 Å². The summed E-state index contributed by atoms with van der Waals surface area (Å²) >= 11 is 1.37. The molecule has 3 heterocycles. The van der Waals surface area contributed by atoms with Crippen molar-refractivity contribution >= 4 is 34.5 Å². The van der Waals surface area contributed by atoms with E-state index in [2.05, 4.69) is 4.98 Å². The summed E-state index contributed by atoms with van der Waals surface area (Å²) < 4.78 is 13.8. The third-order valence-corrected chi connectivity index (χ3v) is 5.71. The molecule has 1 saturated heterocycles. The number of carbonyl (C=O) groups excluding carboxylic acids is 2. The maximum atomic E-state index is 13.8. The number of aryl methyl sites for hydroxylation is 1. The zero-order valence-electron chi connectivity index (χ0n) is 14.8. The standard InChI is InChI=1S/C21H15FN2O3S/c1-12-7-10-28-20(12)17-16(18(25)13-5-8-23-9-6-13)19(26)21(27)24(17)15-4-2-3-14(22)11-15/h2-11,17,25H,1H3/b18-16-. The van der Waals surface area contributed by atoms with E-state index >= 15 is 0 Å². The van der Waals surface area contributed by atoms with E-state index in [1.165, 1.54) is 46.8 Å². The highest BCUT2D eigenvalue weighted by molar-refractivity contribution is 7.10. The van der Waals surface area contributed by atoms with E-state index in [0.29, 0.717) is 5.56 Å². The monoisotopic (exact) mass is 394 g/mol. The fourth-order valence-electron chi connectivity index (χ4n) is 3.30. The molecule has 1 aliphatic heterocycles. The Balaban J connectivity index is 1.97. The molecule has 1 fully saturated rings. The van der Waals surface area contributed by atoms with Gasteiger partial charge in [0, 0.05) is 28.5 Å². The van der Waals surface area contributed by atoms with E-state index in [9.17, 15) is 19.1 Å². The van der Waals surface area contributed by atoms with Crippen molar-refractivity contribution < 1.29 is 19.1 Å². The van der Waals surface area contributed by atoms with Crippen LogP contribution in [0, 0.1) is 12.7 Å². The molecule has 2 aromatic heterocycles. The van der Waals surface area contributed by atoms with Gasteiger partial charge in [-0.2, -0.15) is 0 Å². The third kappa shape index (κ3) is 2.90. The van der Waals surface area contributed by atoms with E-state index in [0.717, 1.165) is 10.4 Å². The predicted octanol–water partition coefficient (Wildman–Crippen LogP) is 4.22. The number of benzene rings is 1. The second-order valence-corrected chi connectivity index (χ2v) is 7.30. The highest BCUT2D eigenvalue weighted by Gasteiger charge is 2.47. The quantitative estimate of drug-likeness (QED) is 0.410. The average Bonchev–Trinajstić information content (AvgIpc) is 3.23. The number of halogens is 1. The number of anilines is 1. The lowest BCUT2D eigenvalue weighted by Crippen LogP contribution is -2.29. The molecule has 3 aromatic rings. The summed E-state index contributed by atoms with van der Waals surface area (Å²) in [5, 5.41) is 12.7. The van der Waals surface area contributed by atoms with Crippen LogP contribution in [0.3, 0.4) is 0 Å². The SMILES string of the molecule is Cc1ccsc1C1/C(=C(/O)c2ccncc2)C(=O)C(=O)N1c1cccc(F)c1. The highest BCUT2D eigenvalue weighted by Crippen LogP contribution is 2.44. The Labute approximate surface area is 164 Å². The number of ketones is 1. The van der Waals surface area contributed by atoms with Crippen LogP contribution < -0.4 is 4.90 Å². The van der Waals surface area contributed by atoms with E-state index in [-0.39, 0.29) is 17.0 Å². The van der Waals surface area contributed by atoms with Gasteiger partial charge in [0.15, 0.2) is 0 Å². The maximum absolute atomic E-state index is 13.8. The van der Waals surface area contributed by atoms with E-state index in [1.807, 2.05) is 18.4 Å². The fourth-order valence-corrected chi connectivity index (χ4v) is 4.33. The molecule has 1 N–H and O–H groups in total. The summed E-state index contributed by atoms with van der Waals surface area (Å²) in [5.41, 5.74) is 1.49. The summed E-state index contributed by atoms with van der Waals surface area (Å²) in [7, 11) is 0. The van der Waals surface area contributed by atoms with Gasteiger partial charge in [-0.3, -0.25) is 19.5 Å². The van der Waals surface area contributed by atoms with E-state index < -0.39 is 23.5 Å². The zero-order valence-corrected chi connectivity index (χ0v) is 15.6. The van der Waals surface area contributed by atoms with Crippen molar-refractivity contribution in [2.24, 2.45) is 0 Å². The summed E-state index contributed by atoms with van der Waals surface area (Å²) in [4.78, 5) is 31.7. The highest BCUT2D eigenvalue weighted by atomic mass is 32.1. The number of pyridine rings is 1. The van der Waals surface area contributed by atoms with Crippen LogP contribution in [0.2, 0.25) is 0 Å². The van der Waals surface area contributed by atoms with Gasteiger partial charge in [0.25, 0.3) is 11.7 Å². The van der Waals surface area contributed by atoms with Crippen molar-refractivity contribution in [2.45, 2.75) is 13.0 Å². The van der Waals surface area contributed by atoms with E-state index in [1.54, 1.807) is 18.2 Å². The molecule has 1 atom stereocenters. The number of Topliss-reactive ketones (excluding diaryl/α,β-unsaturated/α-hetero) is 1. The predicted molar refractivity (Wildman–Crippen MR) is 104 cm³/mol. The van der Waals surface area contributed by atoms with Gasteiger partial charge in [-0.1, -0.05) is 6.07 Å². The minimum absolute atomic E-state index is 0.0222. The van der Waals surface area contributed by atoms with Crippen molar-refractivity contribution in [2.75, 3.05) is 4.90 Å². The number of aromatic nitrogens is 1. The van der Waals surface area contributed by atoms with Crippen molar-refractivity contribution in [3.05, 3.63) is 87.6 Å². The first-order chi connectivity index (χ1) is 13.5. The van der Waals surface area contributed by atoms with Crippen molar-refractivity contribution in [3.8, 4) is 0 Å². The second-order valence-electron chi connectivity index (χ2n) is 6.35. The van der Waals surface area contributed by atoms with Crippen LogP contribution in [-0.4, -0.2) is 21.8 Å². The van der Waals surface area contributed by atoms with Crippen LogP contribution in [0.5, 0.6) is 0 Å². The zero-order chi connectivity index (χ0) is 19.8. The molecular weight excluding hydrogens is 379 g/mol. The largest absolute Gasteiger partial charge is 0.507 e. The maximum Gasteiger partial charge on any atom is 0.300 e. The summed E-state index contributed by atoms with van der Waals surface area (Å²) in [5.74, 6) is -2.41. The number of hydrogen-bond donors (Lipinski definition) is 1. The van der Waals surface area contributed by atoms with Gasteiger partial charge in [-0.25, -0.2) is 4.39 Å². The molecule has 0 spiro atoms. The molecule has 7 heteroatoms. The molecule has 1 unspecified atom stereocenters. The van der Waals surface area contributed by atoms with Crippen LogP contribution in [-0.2, 0) is 9.59 Å². The summed E-state index contributed by atoms with van der Waals surface area (Å²) in [6.45, 7) is 1.87. The molecule has 1 aliphatic rings. The first-order valence-electron chi connectivity index (χ1n) is 8.50. The Bertz CT molecular complexity index is 1110. The molecule has 140 valence electrons. The van der Waals surface area contributed by atoms with Gasteiger partial charge >= 0.3 is 0 Å². The Morgan fingerprint density at radius 3 is 2.57 bits per heavy atom. The van der Waals surface area contributed by atoms with Gasteiger partial charge in [0.05, 0.1) is 5.57 Å². The number of amides is 1. The molecular formula is C21H15FN2O3S. The van der Waals surface area contributed by atoms with Crippen LogP contribution in [0.25, 0.3) is 5.76 Å². The molecule has 4 rings (SSSR count). The molecule has 1 amide bonds. The first kappa shape index (κ1) is 18.1. The van der Waals surface area contributed by atoms with Gasteiger partial charge in [-0.05, 0) is 54.3 Å². The van der Waals surface area contributed by atoms with Gasteiger partial charge in [0.2, 0.25) is 0 Å². The number of hydrogen-bond acceptors (Lipinski definition) is 5. The topological polar surface area (TPSA) is 70.5 Å². The van der Waals surface area contributed by atoms with Crippen LogP contribution in [0.4, 0.5) is 10.1 Å². The number of nitrogens with zero attached hydrogens (tertiary/aromatic N) is 2. The number of carbonyl (C=O) groups is 2. The third-order valence-electron chi connectivity index (χ3n) is 4.63. The molecule has 0 radical (unpaired) electrons. The van der Waals surface area contributed by atoms with Crippen LogP contribution >= 0.6 is 11.3 Å². The molecule has 0 bridgehead atoms. The minimum Gasteiger partial charge on any atom is -0.507 e. The summed E-state index contributed by atoms with van der Waals surface area (Å²) in [6.07, 6.45) is 2.98. The van der Waals surface area contributed by atoms with Crippen LogP contribution in [0.15, 0.2) is 65.8 Å². The lowest BCUT2D eigenvalue weighted by Gasteiger charge is -2.25. The number of rotatable bonds is 3. The van der Waals surface area contributed by atoms with Crippen LogP contribution in [0.1, 0.15) is 22.0 Å². The molecule has 28 heavy (non-hydrogen) atoms. The average molecular weight is 394 g/mol. The minimum atomic E-state index is -0.838. The molecule has 0 saturated carbocycles. The van der Waals surface area contributed by atoms with Crippen molar-refractivity contribution in [1.29, 1.82) is 0 Å². The number of aliphatic hydroxyl groups excluding tert-OH is 1. The lowest BCUT2D eigenvalue weighted by atomic mass is 9.98.